The summed E-state index contributed by atoms with van der Waals surface area (Å²) >= 11 is 0. The molecule has 0 fully saturated rings. The van der Waals surface area contributed by atoms with Crippen LogP contribution in [0.2, 0.25) is 0 Å². The number of rotatable bonds is 8. The molecule has 8 nitrogen and oxygen atoms in total. The van der Waals surface area contributed by atoms with Crippen molar-refractivity contribution in [2.75, 3.05) is 40.3 Å². The van der Waals surface area contributed by atoms with Gasteiger partial charge in [0.1, 0.15) is 28.6 Å². The van der Waals surface area contributed by atoms with Gasteiger partial charge in [-0.2, -0.15) is 0 Å². The maximum absolute atomic E-state index is 12.5. The molecule has 0 aliphatic carbocycles. The molecule has 144 valence electrons. The average Bonchev–Trinajstić information content (AvgIpc) is 2.71. The fourth-order valence-electron chi connectivity index (χ4n) is 2.42. The number of anilines is 1. The Labute approximate surface area is 157 Å². The van der Waals surface area contributed by atoms with Crippen LogP contribution in [0.25, 0.3) is 0 Å². The second kappa shape index (κ2) is 9.33. The Morgan fingerprint density at radius 1 is 0.852 bits per heavy atom. The zero-order valence-corrected chi connectivity index (χ0v) is 15.6. The van der Waals surface area contributed by atoms with Gasteiger partial charge >= 0.3 is 0 Å². The first-order chi connectivity index (χ1) is 13.0. The molecule has 2 aromatic carbocycles. The van der Waals surface area contributed by atoms with Crippen molar-refractivity contribution in [1.82, 2.24) is 5.32 Å². The summed E-state index contributed by atoms with van der Waals surface area (Å²) in [6, 6.07) is 9.97. The second-order valence-electron chi connectivity index (χ2n) is 5.33. The van der Waals surface area contributed by atoms with Crippen LogP contribution in [0.3, 0.4) is 0 Å². The van der Waals surface area contributed by atoms with E-state index in [4.69, 9.17) is 18.9 Å². The van der Waals surface area contributed by atoms with Gasteiger partial charge in [-0.05, 0) is 24.3 Å². The van der Waals surface area contributed by atoms with Gasteiger partial charge in [-0.1, -0.05) is 6.07 Å². The van der Waals surface area contributed by atoms with Crippen molar-refractivity contribution in [3.8, 4) is 23.0 Å². The molecule has 0 aromatic heterocycles. The maximum atomic E-state index is 12.5. The van der Waals surface area contributed by atoms with E-state index in [0.717, 1.165) is 0 Å². The summed E-state index contributed by atoms with van der Waals surface area (Å²) in [7, 11) is 5.93. The minimum absolute atomic E-state index is 0.220. The number of hydrogen-bond acceptors (Lipinski definition) is 6. The van der Waals surface area contributed by atoms with Gasteiger partial charge in [0.15, 0.2) is 0 Å². The molecule has 0 aliphatic heterocycles. The van der Waals surface area contributed by atoms with Crippen molar-refractivity contribution in [3.63, 3.8) is 0 Å². The average molecular weight is 374 g/mol. The number of hydrogen-bond donors (Lipinski definition) is 2. The molecule has 0 atom stereocenters. The van der Waals surface area contributed by atoms with Crippen molar-refractivity contribution < 1.29 is 28.5 Å². The number of methoxy groups -OCH3 is 4. The van der Waals surface area contributed by atoms with Gasteiger partial charge in [-0.15, -0.1) is 0 Å². The fraction of sp³-hybridized carbons (Fsp3) is 0.263. The molecule has 0 aliphatic rings. The normalized spacial score (nSPS) is 9.93. The van der Waals surface area contributed by atoms with E-state index in [0.29, 0.717) is 28.7 Å². The molecule has 27 heavy (non-hydrogen) atoms. The summed E-state index contributed by atoms with van der Waals surface area (Å²) in [5, 5.41) is 5.23. The molecule has 0 heterocycles. The molecule has 0 saturated carbocycles. The van der Waals surface area contributed by atoms with Gasteiger partial charge < -0.3 is 29.6 Å². The Morgan fingerprint density at radius 2 is 1.48 bits per heavy atom. The highest BCUT2D eigenvalue weighted by molar-refractivity contribution is 6.03. The lowest BCUT2D eigenvalue weighted by atomic mass is 10.1. The monoisotopic (exact) mass is 374 g/mol. The molecule has 0 unspecified atom stereocenters. The standard InChI is InChI=1S/C19H22N2O6/c1-24-12-8-9-13(16(10-12)27-4)21-17(22)11-20-19(23)18-14(25-2)6-5-7-15(18)26-3/h5-10H,11H2,1-4H3,(H,20,23)(H,21,22). The number of amides is 2. The van der Waals surface area contributed by atoms with Crippen LogP contribution < -0.4 is 29.6 Å². The second-order valence-corrected chi connectivity index (χ2v) is 5.33. The largest absolute Gasteiger partial charge is 0.497 e. The van der Waals surface area contributed by atoms with Crippen molar-refractivity contribution in [2.45, 2.75) is 0 Å². The number of ether oxygens (including phenoxy) is 4. The maximum Gasteiger partial charge on any atom is 0.259 e. The first kappa shape index (κ1) is 19.9. The third-order valence-corrected chi connectivity index (χ3v) is 3.75. The molecule has 0 spiro atoms. The van der Waals surface area contributed by atoms with E-state index in [1.165, 1.54) is 28.4 Å². The summed E-state index contributed by atoms with van der Waals surface area (Å²) in [5.74, 6) is 0.844. The number of nitrogens with one attached hydrogen (secondary N) is 2. The molecule has 0 radical (unpaired) electrons. The van der Waals surface area contributed by atoms with Crippen LogP contribution in [0, 0.1) is 0 Å². The molecular weight excluding hydrogens is 352 g/mol. The summed E-state index contributed by atoms with van der Waals surface area (Å²) in [6.07, 6.45) is 0. The van der Waals surface area contributed by atoms with Gasteiger partial charge in [0.05, 0.1) is 40.7 Å². The number of benzene rings is 2. The van der Waals surface area contributed by atoms with Gasteiger partial charge in [0, 0.05) is 6.07 Å². The van der Waals surface area contributed by atoms with Crippen LogP contribution in [-0.2, 0) is 4.79 Å². The van der Waals surface area contributed by atoms with E-state index >= 15 is 0 Å². The minimum atomic E-state index is -0.485. The lowest BCUT2D eigenvalue weighted by Gasteiger charge is -2.14. The van der Waals surface area contributed by atoms with Crippen LogP contribution in [-0.4, -0.2) is 46.8 Å². The van der Waals surface area contributed by atoms with Crippen LogP contribution >= 0.6 is 0 Å². The Hall–Kier alpha value is -3.42. The zero-order chi connectivity index (χ0) is 19.8. The summed E-state index contributed by atoms with van der Waals surface area (Å²) in [6.45, 7) is -0.241. The van der Waals surface area contributed by atoms with Crippen LogP contribution in [0.15, 0.2) is 36.4 Å². The minimum Gasteiger partial charge on any atom is -0.497 e. The van der Waals surface area contributed by atoms with Gasteiger partial charge in [-0.3, -0.25) is 9.59 Å². The van der Waals surface area contributed by atoms with E-state index in [1.54, 1.807) is 36.4 Å². The van der Waals surface area contributed by atoms with Crippen LogP contribution in [0.4, 0.5) is 5.69 Å². The summed E-state index contributed by atoms with van der Waals surface area (Å²) < 4.78 is 20.7. The van der Waals surface area contributed by atoms with E-state index < -0.39 is 11.8 Å². The van der Waals surface area contributed by atoms with E-state index in [1.807, 2.05) is 0 Å². The molecular formula is C19H22N2O6. The molecule has 8 heteroatoms. The molecule has 0 bridgehead atoms. The number of carbonyl (C=O) groups is 2. The Morgan fingerprint density at radius 3 is 2.04 bits per heavy atom. The predicted octanol–water partition coefficient (Wildman–Crippen LogP) is 2.09. The Balaban J connectivity index is 2.05. The number of carbonyl (C=O) groups excluding carboxylic acids is 2. The van der Waals surface area contributed by atoms with Gasteiger partial charge in [0.25, 0.3) is 5.91 Å². The SMILES string of the molecule is COc1ccc(NC(=O)CNC(=O)c2c(OC)cccc2OC)c(OC)c1. The first-order valence-corrected chi connectivity index (χ1v) is 8.05. The van der Waals surface area contributed by atoms with Crippen molar-refractivity contribution in [1.29, 1.82) is 0 Å². The third-order valence-electron chi connectivity index (χ3n) is 3.75. The predicted molar refractivity (Wildman–Crippen MR) is 100 cm³/mol. The van der Waals surface area contributed by atoms with Crippen molar-refractivity contribution >= 4 is 17.5 Å². The van der Waals surface area contributed by atoms with Crippen LogP contribution in [0.5, 0.6) is 23.0 Å². The quantitative estimate of drug-likeness (QED) is 0.735. The smallest absolute Gasteiger partial charge is 0.259 e. The highest BCUT2D eigenvalue weighted by atomic mass is 16.5. The molecule has 2 N–H and O–H groups in total. The zero-order valence-electron chi connectivity index (χ0n) is 15.6. The molecule has 2 rings (SSSR count). The lowest BCUT2D eigenvalue weighted by molar-refractivity contribution is -0.115. The van der Waals surface area contributed by atoms with E-state index in [-0.39, 0.29) is 12.1 Å². The topological polar surface area (TPSA) is 95.1 Å². The highest BCUT2D eigenvalue weighted by Crippen LogP contribution is 2.29. The highest BCUT2D eigenvalue weighted by Gasteiger charge is 2.19. The first-order valence-electron chi connectivity index (χ1n) is 8.05. The van der Waals surface area contributed by atoms with E-state index in [9.17, 15) is 9.59 Å². The molecule has 0 saturated heterocycles. The van der Waals surface area contributed by atoms with Crippen molar-refractivity contribution in [3.05, 3.63) is 42.0 Å². The molecule has 2 aromatic rings. The van der Waals surface area contributed by atoms with Crippen LogP contribution in [0.1, 0.15) is 10.4 Å². The Bertz CT molecular complexity index is 800. The fourth-order valence-corrected chi connectivity index (χ4v) is 2.42. The Kier molecular flexibility index (Phi) is 6.87. The van der Waals surface area contributed by atoms with Crippen molar-refractivity contribution in [2.24, 2.45) is 0 Å². The van der Waals surface area contributed by atoms with E-state index in [2.05, 4.69) is 10.6 Å². The lowest BCUT2D eigenvalue weighted by Crippen LogP contribution is -2.33. The summed E-state index contributed by atoms with van der Waals surface area (Å²) in [5.41, 5.74) is 0.685. The van der Waals surface area contributed by atoms with Gasteiger partial charge in [-0.25, -0.2) is 0 Å². The third kappa shape index (κ3) is 4.81. The summed E-state index contributed by atoms with van der Waals surface area (Å²) in [4.78, 5) is 24.7. The molecule has 2 amide bonds. The van der Waals surface area contributed by atoms with Gasteiger partial charge in [0.2, 0.25) is 5.91 Å².